The summed E-state index contributed by atoms with van der Waals surface area (Å²) in [5, 5.41) is 3.57. The van der Waals surface area contributed by atoms with Gasteiger partial charge in [0.2, 0.25) is 0 Å². The topological polar surface area (TPSA) is 28.2 Å². The monoisotopic (exact) mass is 433 g/mol. The summed E-state index contributed by atoms with van der Waals surface area (Å²) in [6.07, 6.45) is 11.6. The maximum absolute atomic E-state index is 14.4. The molecule has 1 aromatic heterocycles. The molecular weight excluding hydrogens is 404 g/mol. The molecule has 0 radical (unpaired) electrons. The molecular formula is C27H29F2N3. The van der Waals surface area contributed by atoms with Crippen LogP contribution in [0.15, 0.2) is 78.2 Å². The van der Waals surface area contributed by atoms with E-state index >= 15 is 0 Å². The predicted molar refractivity (Wildman–Crippen MR) is 126 cm³/mol. The molecule has 1 N–H and O–H groups in total. The summed E-state index contributed by atoms with van der Waals surface area (Å²) < 4.78 is 28.7. The molecule has 1 saturated carbocycles. The lowest BCUT2D eigenvalue weighted by Gasteiger charge is -2.31. The van der Waals surface area contributed by atoms with Gasteiger partial charge in [0, 0.05) is 13.1 Å². The molecule has 2 aliphatic rings. The fourth-order valence-electron chi connectivity index (χ4n) is 4.11. The van der Waals surface area contributed by atoms with E-state index in [1.165, 1.54) is 43.0 Å². The Morgan fingerprint density at radius 3 is 2.34 bits per heavy atom. The van der Waals surface area contributed by atoms with Crippen LogP contribution in [-0.2, 0) is 0 Å². The Balaban J connectivity index is 1.72. The molecule has 2 aromatic rings. The highest BCUT2D eigenvalue weighted by atomic mass is 19.1. The molecule has 1 aliphatic heterocycles. The van der Waals surface area contributed by atoms with Crippen molar-refractivity contribution in [1.29, 1.82) is 0 Å². The standard InChI is InChI=1S/C27H29F2N3/c1-3-10-25(32-17-6-5-7-18-32)22(4-2)31-27(19-15-16-19)24-14-9-13-23(30-24)26-20(28)11-8-12-21(26)29/h3-4,8-14,31H,2,5-7,15-18H2,1H3/b10-3-,25-22-. The Kier molecular flexibility index (Phi) is 6.84. The second kappa shape index (κ2) is 9.94. The Morgan fingerprint density at radius 1 is 1.03 bits per heavy atom. The summed E-state index contributed by atoms with van der Waals surface area (Å²) in [4.78, 5) is 7.03. The van der Waals surface area contributed by atoms with Gasteiger partial charge < -0.3 is 10.2 Å². The number of hydrogen-bond donors (Lipinski definition) is 1. The van der Waals surface area contributed by atoms with Crippen LogP contribution in [0.3, 0.4) is 0 Å². The molecule has 0 atom stereocenters. The third-order valence-corrected chi connectivity index (χ3v) is 5.84. The van der Waals surface area contributed by atoms with E-state index in [1.807, 2.05) is 25.1 Å². The van der Waals surface area contributed by atoms with E-state index in [4.69, 9.17) is 0 Å². The van der Waals surface area contributed by atoms with E-state index in [1.54, 1.807) is 12.1 Å². The Bertz CT molecular complexity index is 1070. The van der Waals surface area contributed by atoms with Crippen molar-refractivity contribution in [2.75, 3.05) is 13.1 Å². The smallest absolute Gasteiger partial charge is 0.135 e. The largest absolute Gasteiger partial charge is 0.370 e. The third-order valence-electron chi connectivity index (χ3n) is 5.84. The maximum Gasteiger partial charge on any atom is 0.135 e. The predicted octanol–water partition coefficient (Wildman–Crippen LogP) is 6.58. The SMILES string of the molecule is C=C/C(NC(=C1CC1)c1cccc(-c2c(F)cccc2F)n1)=C(\C=C/C)N1CCCCC1. The molecule has 0 bridgehead atoms. The molecule has 2 heterocycles. The van der Waals surface area contributed by atoms with Crippen molar-refractivity contribution in [2.24, 2.45) is 0 Å². The van der Waals surface area contributed by atoms with Gasteiger partial charge in [-0.1, -0.05) is 24.8 Å². The lowest BCUT2D eigenvalue weighted by Crippen LogP contribution is -2.31. The van der Waals surface area contributed by atoms with Crippen LogP contribution in [0.4, 0.5) is 8.78 Å². The first-order chi connectivity index (χ1) is 15.6. The zero-order chi connectivity index (χ0) is 22.5. The van der Waals surface area contributed by atoms with Crippen LogP contribution >= 0.6 is 0 Å². The molecule has 1 aliphatic carbocycles. The van der Waals surface area contributed by atoms with Crippen molar-refractivity contribution in [1.82, 2.24) is 15.2 Å². The summed E-state index contributed by atoms with van der Waals surface area (Å²) in [5.74, 6) is -1.23. The van der Waals surface area contributed by atoms with E-state index in [0.717, 1.165) is 43.0 Å². The maximum atomic E-state index is 14.4. The van der Waals surface area contributed by atoms with Crippen LogP contribution in [0.5, 0.6) is 0 Å². The Morgan fingerprint density at radius 2 is 1.72 bits per heavy atom. The number of nitrogens with one attached hydrogen (secondary N) is 1. The normalized spacial score (nSPS) is 16.7. The molecule has 2 fully saturated rings. The van der Waals surface area contributed by atoms with E-state index in [9.17, 15) is 8.78 Å². The fraction of sp³-hybridized carbons (Fsp3) is 0.296. The van der Waals surface area contributed by atoms with Crippen molar-refractivity contribution >= 4 is 5.70 Å². The number of likely N-dealkylation sites (tertiary alicyclic amines) is 1. The number of pyridine rings is 1. The average molecular weight is 434 g/mol. The Hall–Kier alpha value is -3.21. The van der Waals surface area contributed by atoms with Gasteiger partial charge in [0.15, 0.2) is 0 Å². The van der Waals surface area contributed by atoms with E-state index in [2.05, 4.69) is 27.9 Å². The lowest BCUT2D eigenvalue weighted by atomic mass is 10.1. The van der Waals surface area contributed by atoms with E-state index in [0.29, 0.717) is 5.69 Å². The highest BCUT2D eigenvalue weighted by Crippen LogP contribution is 2.36. The number of benzene rings is 1. The first-order valence-corrected chi connectivity index (χ1v) is 11.3. The zero-order valence-electron chi connectivity index (χ0n) is 18.5. The quantitative estimate of drug-likeness (QED) is 0.500. The molecule has 0 unspecified atom stereocenters. The van der Waals surface area contributed by atoms with Gasteiger partial charge in [0.25, 0.3) is 0 Å². The van der Waals surface area contributed by atoms with Crippen LogP contribution in [0.2, 0.25) is 0 Å². The number of allylic oxidation sites excluding steroid dienone is 4. The molecule has 32 heavy (non-hydrogen) atoms. The number of rotatable bonds is 7. The van der Waals surface area contributed by atoms with Gasteiger partial charge in [-0.05, 0) is 81.0 Å². The van der Waals surface area contributed by atoms with Crippen LogP contribution < -0.4 is 5.32 Å². The molecule has 4 rings (SSSR count). The summed E-state index contributed by atoms with van der Waals surface area (Å²) in [6, 6.07) is 9.19. The summed E-state index contributed by atoms with van der Waals surface area (Å²) in [5.41, 5.74) is 5.04. The Labute approximate surface area is 188 Å². The second-order valence-corrected chi connectivity index (χ2v) is 8.16. The van der Waals surface area contributed by atoms with E-state index < -0.39 is 11.6 Å². The van der Waals surface area contributed by atoms with Crippen molar-refractivity contribution in [3.8, 4) is 11.3 Å². The van der Waals surface area contributed by atoms with Crippen LogP contribution in [-0.4, -0.2) is 23.0 Å². The number of nitrogens with zero attached hydrogens (tertiary/aromatic N) is 2. The van der Waals surface area contributed by atoms with Gasteiger partial charge >= 0.3 is 0 Å². The van der Waals surface area contributed by atoms with Gasteiger partial charge in [-0.25, -0.2) is 13.8 Å². The van der Waals surface area contributed by atoms with Gasteiger partial charge in [-0.2, -0.15) is 0 Å². The summed E-state index contributed by atoms with van der Waals surface area (Å²) in [6.45, 7) is 8.10. The van der Waals surface area contributed by atoms with Gasteiger partial charge in [-0.3, -0.25) is 0 Å². The van der Waals surface area contributed by atoms with Crippen LogP contribution in [0.1, 0.15) is 44.7 Å². The molecule has 3 nitrogen and oxygen atoms in total. The molecule has 166 valence electrons. The molecule has 5 heteroatoms. The lowest BCUT2D eigenvalue weighted by molar-refractivity contribution is 0.290. The average Bonchev–Trinajstić information content (AvgIpc) is 3.65. The van der Waals surface area contributed by atoms with Crippen molar-refractivity contribution in [3.63, 3.8) is 0 Å². The minimum Gasteiger partial charge on any atom is -0.370 e. The highest BCUT2D eigenvalue weighted by Gasteiger charge is 2.23. The minimum atomic E-state index is -0.615. The number of halogens is 2. The number of piperidine rings is 1. The summed E-state index contributed by atoms with van der Waals surface area (Å²) in [7, 11) is 0. The van der Waals surface area contributed by atoms with Gasteiger partial charge in [0.1, 0.15) is 11.6 Å². The van der Waals surface area contributed by atoms with Gasteiger partial charge in [-0.15, -0.1) is 0 Å². The zero-order valence-corrected chi connectivity index (χ0v) is 18.5. The number of aromatic nitrogens is 1. The first kappa shape index (κ1) is 22.0. The van der Waals surface area contributed by atoms with Crippen molar-refractivity contribution < 1.29 is 8.78 Å². The van der Waals surface area contributed by atoms with Gasteiger partial charge in [0.05, 0.1) is 34.0 Å². The third kappa shape index (κ3) is 4.82. The molecule has 0 amide bonds. The van der Waals surface area contributed by atoms with Crippen LogP contribution in [0, 0.1) is 11.6 Å². The van der Waals surface area contributed by atoms with Crippen molar-refractivity contribution in [2.45, 2.75) is 39.0 Å². The first-order valence-electron chi connectivity index (χ1n) is 11.3. The molecule has 1 aromatic carbocycles. The fourth-order valence-corrected chi connectivity index (χ4v) is 4.11. The minimum absolute atomic E-state index is 0.100. The second-order valence-electron chi connectivity index (χ2n) is 8.16. The van der Waals surface area contributed by atoms with Crippen molar-refractivity contribution in [3.05, 3.63) is 95.5 Å². The highest BCUT2D eigenvalue weighted by molar-refractivity contribution is 5.72. The molecule has 0 spiro atoms. The van der Waals surface area contributed by atoms with E-state index in [-0.39, 0.29) is 11.3 Å². The van der Waals surface area contributed by atoms with Crippen LogP contribution in [0.25, 0.3) is 17.0 Å². The number of hydrogen-bond acceptors (Lipinski definition) is 3. The molecule has 1 saturated heterocycles. The summed E-state index contributed by atoms with van der Waals surface area (Å²) >= 11 is 0.